The lowest BCUT2D eigenvalue weighted by molar-refractivity contribution is -0.117. The first-order chi connectivity index (χ1) is 15.0. The van der Waals surface area contributed by atoms with E-state index in [1.54, 1.807) is 47.4 Å². The number of anilines is 2. The van der Waals surface area contributed by atoms with Gasteiger partial charge in [-0.05, 0) is 42.4 Å². The van der Waals surface area contributed by atoms with E-state index < -0.39 is 11.7 Å². The van der Waals surface area contributed by atoms with Gasteiger partial charge in [0.1, 0.15) is 12.3 Å². The van der Waals surface area contributed by atoms with Crippen molar-refractivity contribution in [1.82, 2.24) is 9.55 Å². The number of para-hydroxylation sites is 2. The summed E-state index contributed by atoms with van der Waals surface area (Å²) in [5.41, 5.74) is 2.27. The number of carbonyl (C=O) groups is 2. The van der Waals surface area contributed by atoms with Crippen molar-refractivity contribution in [2.24, 2.45) is 0 Å². The lowest BCUT2D eigenvalue weighted by Crippen LogP contribution is -2.24. The van der Waals surface area contributed by atoms with Crippen molar-refractivity contribution >= 4 is 46.0 Å². The van der Waals surface area contributed by atoms with Gasteiger partial charge in [-0.1, -0.05) is 12.1 Å². The van der Waals surface area contributed by atoms with Crippen molar-refractivity contribution in [1.29, 1.82) is 0 Å². The summed E-state index contributed by atoms with van der Waals surface area (Å²) in [5.74, 6) is -2.55. The Labute approximate surface area is 181 Å². The van der Waals surface area contributed by atoms with Crippen molar-refractivity contribution < 1.29 is 23.1 Å². The third kappa shape index (κ3) is 4.48. The van der Waals surface area contributed by atoms with Crippen molar-refractivity contribution in [2.75, 3.05) is 23.9 Å². The summed E-state index contributed by atoms with van der Waals surface area (Å²) >= 11 is 0.302. The maximum atomic E-state index is 13.0. The molecule has 2 amide bonds. The molecule has 0 bridgehead atoms. The molecule has 3 aromatic rings. The number of aromatic nitrogens is 2. The van der Waals surface area contributed by atoms with Gasteiger partial charge in [0.15, 0.2) is 5.16 Å². The maximum Gasteiger partial charge on any atom is 0.291 e. The Hall–Kier alpha value is -3.14. The number of nitrogens with zero attached hydrogens (tertiary/aromatic N) is 3. The van der Waals surface area contributed by atoms with Crippen LogP contribution in [0.4, 0.5) is 20.2 Å². The number of carbonyl (C=O) groups excluding carboxylic acids is 2. The number of hydrogen-bond donors (Lipinski definition) is 1. The van der Waals surface area contributed by atoms with Gasteiger partial charge >= 0.3 is 0 Å². The van der Waals surface area contributed by atoms with Gasteiger partial charge in [0.2, 0.25) is 11.8 Å². The predicted molar refractivity (Wildman–Crippen MR) is 115 cm³/mol. The molecule has 0 atom stereocenters. The topological polar surface area (TPSA) is 76.5 Å². The molecule has 10 heteroatoms. The summed E-state index contributed by atoms with van der Waals surface area (Å²) < 4.78 is 32.8. The van der Waals surface area contributed by atoms with E-state index in [1.165, 1.54) is 11.7 Å². The number of alkyl halides is 2. The molecule has 1 aliphatic rings. The van der Waals surface area contributed by atoms with Gasteiger partial charge in [0.05, 0.1) is 23.8 Å². The minimum atomic E-state index is -2.65. The van der Waals surface area contributed by atoms with Crippen molar-refractivity contribution in [3.8, 4) is 5.75 Å². The second-order valence-corrected chi connectivity index (χ2v) is 7.89. The highest BCUT2D eigenvalue weighted by Crippen LogP contribution is 2.34. The first-order valence-corrected chi connectivity index (χ1v) is 10.5. The second-order valence-electron chi connectivity index (χ2n) is 6.93. The first-order valence-electron chi connectivity index (χ1n) is 9.64. The van der Waals surface area contributed by atoms with Crippen LogP contribution in [0.15, 0.2) is 47.6 Å². The summed E-state index contributed by atoms with van der Waals surface area (Å²) in [6.45, 7) is 0.448. The summed E-state index contributed by atoms with van der Waals surface area (Å²) in [5, 5.41) is 2.84. The van der Waals surface area contributed by atoms with Gasteiger partial charge in [-0.25, -0.2) is 4.98 Å². The van der Waals surface area contributed by atoms with Crippen LogP contribution in [0.2, 0.25) is 0 Å². The highest BCUT2D eigenvalue weighted by molar-refractivity contribution is 7.99. The summed E-state index contributed by atoms with van der Waals surface area (Å²) in [6, 6.07) is 12.0. The Morgan fingerprint density at radius 3 is 2.81 bits per heavy atom. The van der Waals surface area contributed by atoms with Crippen LogP contribution >= 0.6 is 11.8 Å². The molecule has 0 unspecified atom stereocenters. The fourth-order valence-corrected chi connectivity index (χ4v) is 4.20. The molecule has 0 saturated carbocycles. The SMILES string of the molecule is COc1cc(NC(=O)Cn2c(SC(F)F)nc3ccccc32)ccc1N1CCCC1=O. The number of hydrogen-bond acceptors (Lipinski definition) is 5. The normalized spacial score (nSPS) is 13.9. The Balaban J connectivity index is 1.55. The molecule has 7 nitrogen and oxygen atoms in total. The van der Waals surface area contributed by atoms with Gasteiger partial charge in [0.25, 0.3) is 5.76 Å². The number of methoxy groups -OCH3 is 1. The van der Waals surface area contributed by atoms with Crippen LogP contribution < -0.4 is 15.0 Å². The van der Waals surface area contributed by atoms with E-state index in [0.29, 0.717) is 52.9 Å². The van der Waals surface area contributed by atoms with Crippen LogP contribution in [0, 0.1) is 0 Å². The number of thioether (sulfide) groups is 1. The number of halogens is 2. The summed E-state index contributed by atoms with van der Waals surface area (Å²) in [6.07, 6.45) is 1.29. The number of fused-ring (bicyclic) bond motifs is 1. The van der Waals surface area contributed by atoms with Crippen molar-refractivity contribution in [3.05, 3.63) is 42.5 Å². The molecular formula is C21H20F2N4O3S. The second kappa shape index (κ2) is 8.93. The number of ether oxygens (including phenoxy) is 1. The smallest absolute Gasteiger partial charge is 0.291 e. The van der Waals surface area contributed by atoms with Gasteiger partial charge in [-0.2, -0.15) is 8.78 Å². The molecule has 1 aliphatic heterocycles. The minimum absolute atomic E-state index is 0.0335. The largest absolute Gasteiger partial charge is 0.494 e. The predicted octanol–water partition coefficient (Wildman–Crippen LogP) is 4.13. The average molecular weight is 446 g/mol. The number of imidazole rings is 1. The first kappa shape index (κ1) is 21.1. The zero-order chi connectivity index (χ0) is 22.0. The highest BCUT2D eigenvalue weighted by atomic mass is 32.2. The van der Waals surface area contributed by atoms with E-state index in [0.717, 1.165) is 6.42 Å². The highest BCUT2D eigenvalue weighted by Gasteiger charge is 2.25. The van der Waals surface area contributed by atoms with Crippen LogP contribution in [0.25, 0.3) is 11.0 Å². The zero-order valence-electron chi connectivity index (χ0n) is 16.7. The van der Waals surface area contributed by atoms with Crippen molar-refractivity contribution in [3.63, 3.8) is 0 Å². The molecule has 0 spiro atoms. The molecule has 1 aromatic heterocycles. The molecule has 4 rings (SSSR count). The fraction of sp³-hybridized carbons (Fsp3) is 0.286. The Morgan fingerprint density at radius 2 is 2.10 bits per heavy atom. The molecule has 0 radical (unpaired) electrons. The molecular weight excluding hydrogens is 426 g/mol. The van der Waals surface area contributed by atoms with Gasteiger partial charge < -0.3 is 19.5 Å². The van der Waals surface area contributed by atoms with E-state index in [2.05, 4.69) is 10.3 Å². The van der Waals surface area contributed by atoms with E-state index in [1.807, 2.05) is 0 Å². The molecule has 31 heavy (non-hydrogen) atoms. The molecule has 2 heterocycles. The standard InChI is InChI=1S/C21H20F2N4O3S/c1-30-17-11-13(8-9-16(17)26-10-4-7-19(26)29)24-18(28)12-27-15-6-3-2-5-14(15)25-21(27)31-20(22)23/h2-3,5-6,8-9,11,20H,4,7,10,12H2,1H3,(H,24,28). The lowest BCUT2D eigenvalue weighted by atomic mass is 10.2. The van der Waals surface area contributed by atoms with Crippen LogP contribution in [-0.2, 0) is 16.1 Å². The summed E-state index contributed by atoms with van der Waals surface area (Å²) in [7, 11) is 1.50. The average Bonchev–Trinajstić information content (AvgIpc) is 3.31. The van der Waals surface area contributed by atoms with E-state index in [4.69, 9.17) is 4.74 Å². The molecule has 1 fully saturated rings. The van der Waals surface area contributed by atoms with E-state index in [9.17, 15) is 18.4 Å². The number of rotatable bonds is 7. The molecule has 2 aromatic carbocycles. The molecule has 0 aliphatic carbocycles. The van der Waals surface area contributed by atoms with Crippen LogP contribution in [0.3, 0.4) is 0 Å². The van der Waals surface area contributed by atoms with Gasteiger partial charge in [-0.3, -0.25) is 9.59 Å². The Morgan fingerprint density at radius 1 is 1.29 bits per heavy atom. The number of benzene rings is 2. The quantitative estimate of drug-likeness (QED) is 0.553. The van der Waals surface area contributed by atoms with E-state index in [-0.39, 0.29) is 17.6 Å². The zero-order valence-corrected chi connectivity index (χ0v) is 17.5. The molecule has 162 valence electrons. The Bertz CT molecular complexity index is 1140. The van der Waals surface area contributed by atoms with Crippen LogP contribution in [-0.4, -0.2) is 40.8 Å². The maximum absolute atomic E-state index is 13.0. The Kier molecular flexibility index (Phi) is 6.08. The van der Waals surface area contributed by atoms with Gasteiger partial charge in [-0.15, -0.1) is 0 Å². The third-order valence-electron chi connectivity index (χ3n) is 4.94. The molecule has 1 saturated heterocycles. The van der Waals surface area contributed by atoms with E-state index >= 15 is 0 Å². The van der Waals surface area contributed by atoms with Gasteiger partial charge in [0, 0.05) is 24.7 Å². The number of amides is 2. The summed E-state index contributed by atoms with van der Waals surface area (Å²) in [4.78, 5) is 30.6. The minimum Gasteiger partial charge on any atom is -0.494 e. The fourth-order valence-electron chi connectivity index (χ4n) is 3.60. The third-order valence-corrected chi connectivity index (χ3v) is 5.64. The van der Waals surface area contributed by atoms with Crippen LogP contribution in [0.5, 0.6) is 5.75 Å². The monoisotopic (exact) mass is 446 g/mol. The van der Waals surface area contributed by atoms with Crippen molar-refractivity contribution in [2.45, 2.75) is 30.3 Å². The molecule has 1 N–H and O–H groups in total. The lowest BCUT2D eigenvalue weighted by Gasteiger charge is -2.19. The number of nitrogens with one attached hydrogen (secondary N) is 1. The van der Waals surface area contributed by atoms with Crippen LogP contribution in [0.1, 0.15) is 12.8 Å².